The van der Waals surface area contributed by atoms with Crippen molar-refractivity contribution >= 4 is 5.91 Å². The summed E-state index contributed by atoms with van der Waals surface area (Å²) in [7, 11) is 0. The number of amides is 1. The molecule has 1 amide bonds. The normalized spacial score (nSPS) is 30.6. The van der Waals surface area contributed by atoms with Crippen LogP contribution in [-0.2, 0) is 11.3 Å². The zero-order valence-electron chi connectivity index (χ0n) is 11.2. The molecule has 2 unspecified atom stereocenters. The van der Waals surface area contributed by atoms with Gasteiger partial charge < -0.3 is 11.1 Å². The molecule has 5 nitrogen and oxygen atoms in total. The van der Waals surface area contributed by atoms with E-state index in [0.29, 0.717) is 12.0 Å². The van der Waals surface area contributed by atoms with E-state index in [-0.39, 0.29) is 5.91 Å². The average Bonchev–Trinajstić information content (AvgIpc) is 2.90. The Balaban J connectivity index is 1.68. The van der Waals surface area contributed by atoms with Gasteiger partial charge in [-0.2, -0.15) is 5.10 Å². The number of rotatable bonds is 6. The van der Waals surface area contributed by atoms with E-state index >= 15 is 0 Å². The van der Waals surface area contributed by atoms with Crippen molar-refractivity contribution in [2.75, 3.05) is 0 Å². The van der Waals surface area contributed by atoms with Gasteiger partial charge in [0.1, 0.15) is 5.54 Å². The van der Waals surface area contributed by atoms with E-state index in [1.807, 2.05) is 16.9 Å². The van der Waals surface area contributed by atoms with Gasteiger partial charge in [0.2, 0.25) is 5.91 Å². The first-order valence-corrected chi connectivity index (χ1v) is 7.26. The Bertz CT molecular complexity index is 440. The highest BCUT2D eigenvalue weighted by Crippen LogP contribution is 2.40. The van der Waals surface area contributed by atoms with Crippen LogP contribution in [0.3, 0.4) is 0 Å². The number of carbonyl (C=O) groups excluding carboxylic acids is 1. The van der Waals surface area contributed by atoms with E-state index in [1.165, 1.54) is 12.8 Å². The predicted octanol–water partition coefficient (Wildman–Crippen LogP) is 1.05. The Hall–Kier alpha value is -1.36. The molecule has 3 N–H and O–H groups in total. The van der Waals surface area contributed by atoms with Gasteiger partial charge in [-0.1, -0.05) is 6.42 Å². The standard InChI is InChI=1S/C14H22N4O/c15-13(19)14(17-12-4-5-12)7-1-3-11(14)6-10-18-9-2-8-16-18/h2,8-9,11-12,17H,1,3-7,10H2,(H2,15,19). The number of aromatic nitrogens is 2. The van der Waals surface area contributed by atoms with Crippen molar-refractivity contribution < 1.29 is 4.79 Å². The van der Waals surface area contributed by atoms with Gasteiger partial charge in [0.05, 0.1) is 0 Å². The Kier molecular flexibility index (Phi) is 3.31. The van der Waals surface area contributed by atoms with Crippen molar-refractivity contribution in [3.05, 3.63) is 18.5 Å². The van der Waals surface area contributed by atoms with Gasteiger partial charge in [0.15, 0.2) is 0 Å². The van der Waals surface area contributed by atoms with E-state index in [2.05, 4.69) is 10.4 Å². The van der Waals surface area contributed by atoms with Gasteiger partial charge in [-0.15, -0.1) is 0 Å². The molecule has 2 fully saturated rings. The molecule has 1 heterocycles. The summed E-state index contributed by atoms with van der Waals surface area (Å²) >= 11 is 0. The maximum absolute atomic E-state index is 12.0. The molecule has 1 aromatic heterocycles. The largest absolute Gasteiger partial charge is 0.368 e. The molecule has 0 spiro atoms. The third kappa shape index (κ3) is 2.52. The summed E-state index contributed by atoms with van der Waals surface area (Å²) in [6.45, 7) is 0.860. The van der Waals surface area contributed by atoms with Crippen LogP contribution in [0.4, 0.5) is 0 Å². The zero-order chi connectivity index (χ0) is 13.3. The first kappa shape index (κ1) is 12.7. The van der Waals surface area contributed by atoms with Gasteiger partial charge >= 0.3 is 0 Å². The summed E-state index contributed by atoms with van der Waals surface area (Å²) in [5.41, 5.74) is 5.26. The predicted molar refractivity (Wildman–Crippen MR) is 72.3 cm³/mol. The third-order valence-electron chi connectivity index (χ3n) is 4.57. The van der Waals surface area contributed by atoms with Crippen molar-refractivity contribution in [2.24, 2.45) is 11.7 Å². The molecular weight excluding hydrogens is 240 g/mol. The second kappa shape index (κ2) is 4.96. The Morgan fingerprint density at radius 3 is 2.95 bits per heavy atom. The van der Waals surface area contributed by atoms with E-state index in [0.717, 1.165) is 32.2 Å². The summed E-state index contributed by atoms with van der Waals surface area (Å²) in [6.07, 6.45) is 10.2. The quantitative estimate of drug-likeness (QED) is 0.805. The van der Waals surface area contributed by atoms with Crippen LogP contribution in [0.15, 0.2) is 18.5 Å². The van der Waals surface area contributed by atoms with Gasteiger partial charge in [0.25, 0.3) is 0 Å². The number of hydrogen-bond acceptors (Lipinski definition) is 3. The maximum Gasteiger partial charge on any atom is 0.238 e. The minimum Gasteiger partial charge on any atom is -0.368 e. The van der Waals surface area contributed by atoms with Crippen LogP contribution in [0.2, 0.25) is 0 Å². The highest BCUT2D eigenvalue weighted by atomic mass is 16.1. The average molecular weight is 262 g/mol. The summed E-state index contributed by atoms with van der Waals surface area (Å²) in [5, 5.41) is 7.76. The van der Waals surface area contributed by atoms with Gasteiger partial charge in [0, 0.05) is 25.0 Å². The topological polar surface area (TPSA) is 72.9 Å². The molecule has 0 radical (unpaired) electrons. The molecule has 2 aliphatic rings. The Labute approximate surface area is 113 Å². The molecule has 5 heteroatoms. The van der Waals surface area contributed by atoms with Crippen LogP contribution < -0.4 is 11.1 Å². The van der Waals surface area contributed by atoms with Gasteiger partial charge in [-0.3, -0.25) is 9.48 Å². The fourth-order valence-corrected chi connectivity index (χ4v) is 3.37. The monoisotopic (exact) mass is 262 g/mol. The lowest BCUT2D eigenvalue weighted by molar-refractivity contribution is -0.126. The Morgan fingerprint density at radius 1 is 1.47 bits per heavy atom. The summed E-state index contributed by atoms with van der Waals surface area (Å²) in [5.74, 6) is 0.178. The minimum absolute atomic E-state index is 0.164. The fraction of sp³-hybridized carbons (Fsp3) is 0.714. The number of nitrogens with two attached hydrogens (primary N) is 1. The van der Waals surface area contributed by atoms with Crippen LogP contribution in [0.5, 0.6) is 0 Å². The maximum atomic E-state index is 12.0. The SMILES string of the molecule is NC(=O)C1(NC2CC2)CCCC1CCn1cccn1. The molecule has 2 saturated carbocycles. The van der Waals surface area contributed by atoms with Crippen molar-refractivity contribution in [3.8, 4) is 0 Å². The molecule has 2 atom stereocenters. The highest BCUT2D eigenvalue weighted by molar-refractivity contribution is 5.85. The van der Waals surface area contributed by atoms with E-state index in [4.69, 9.17) is 5.73 Å². The van der Waals surface area contributed by atoms with Crippen LogP contribution >= 0.6 is 0 Å². The van der Waals surface area contributed by atoms with Crippen LogP contribution in [-0.4, -0.2) is 27.3 Å². The highest BCUT2D eigenvalue weighted by Gasteiger charge is 2.49. The van der Waals surface area contributed by atoms with Crippen molar-refractivity contribution in [1.29, 1.82) is 0 Å². The molecular formula is C14H22N4O. The lowest BCUT2D eigenvalue weighted by Crippen LogP contribution is -2.58. The molecule has 1 aromatic rings. The molecule has 0 bridgehead atoms. The molecule has 3 rings (SSSR count). The minimum atomic E-state index is -0.464. The zero-order valence-corrected chi connectivity index (χ0v) is 11.2. The Morgan fingerprint density at radius 2 is 2.32 bits per heavy atom. The fourth-order valence-electron chi connectivity index (χ4n) is 3.37. The second-order valence-electron chi connectivity index (χ2n) is 5.90. The molecule has 2 aliphatic carbocycles. The van der Waals surface area contributed by atoms with Crippen LogP contribution in [0.25, 0.3) is 0 Å². The van der Waals surface area contributed by atoms with Gasteiger partial charge in [-0.25, -0.2) is 0 Å². The number of aryl methyl sites for hydroxylation is 1. The molecule has 0 aliphatic heterocycles. The summed E-state index contributed by atoms with van der Waals surface area (Å²) in [4.78, 5) is 12.0. The number of hydrogen-bond donors (Lipinski definition) is 2. The molecule has 19 heavy (non-hydrogen) atoms. The van der Waals surface area contributed by atoms with Crippen LogP contribution in [0, 0.1) is 5.92 Å². The van der Waals surface area contributed by atoms with Gasteiger partial charge in [-0.05, 0) is 44.1 Å². The van der Waals surface area contributed by atoms with E-state index in [1.54, 1.807) is 6.20 Å². The number of carbonyl (C=O) groups is 1. The van der Waals surface area contributed by atoms with E-state index < -0.39 is 5.54 Å². The first-order valence-electron chi connectivity index (χ1n) is 7.26. The lowest BCUT2D eigenvalue weighted by Gasteiger charge is -2.34. The van der Waals surface area contributed by atoms with E-state index in [9.17, 15) is 4.79 Å². The third-order valence-corrected chi connectivity index (χ3v) is 4.57. The smallest absolute Gasteiger partial charge is 0.238 e. The molecule has 104 valence electrons. The number of nitrogens with zero attached hydrogens (tertiary/aromatic N) is 2. The number of primary amides is 1. The van der Waals surface area contributed by atoms with Crippen molar-refractivity contribution in [1.82, 2.24) is 15.1 Å². The molecule has 0 saturated heterocycles. The van der Waals surface area contributed by atoms with Crippen molar-refractivity contribution in [2.45, 2.75) is 56.7 Å². The number of nitrogens with one attached hydrogen (secondary N) is 1. The summed E-state index contributed by atoms with van der Waals surface area (Å²) < 4.78 is 1.93. The van der Waals surface area contributed by atoms with Crippen molar-refractivity contribution in [3.63, 3.8) is 0 Å². The second-order valence-corrected chi connectivity index (χ2v) is 5.90. The lowest BCUT2D eigenvalue weighted by atomic mass is 9.83. The van der Waals surface area contributed by atoms with Crippen LogP contribution in [0.1, 0.15) is 38.5 Å². The first-order chi connectivity index (χ1) is 9.21. The molecule has 0 aromatic carbocycles. The summed E-state index contributed by atoms with van der Waals surface area (Å²) in [6, 6.07) is 2.44.